The lowest BCUT2D eigenvalue weighted by molar-refractivity contribution is -0.120. The maximum atomic E-state index is 14.0. The van der Waals surface area contributed by atoms with Crippen LogP contribution in [0.3, 0.4) is 0 Å². The number of aliphatic imine (C=N–C) groups is 1. The molecule has 1 aromatic heterocycles. The number of nitrogens with zero attached hydrogens (tertiary/aromatic N) is 3. The highest BCUT2D eigenvalue weighted by Crippen LogP contribution is 2.50. The van der Waals surface area contributed by atoms with Crippen LogP contribution in [0.25, 0.3) is 0 Å². The number of halogens is 1. The molecule has 1 aromatic carbocycles. The standard InChI is InChI=1S/C19H16FN5O/c20-16-4-2-1-3-15(16)19(7-8-19)18(26)25-17(22)6-10-23-13-5-9-24-14(11-13)12-21/h1-6,9-11H,7-8H2,(H,23,24)(H2,22,25,26)/b10-6-. The zero-order valence-corrected chi connectivity index (χ0v) is 13.8. The molecule has 3 N–H and O–H groups in total. The van der Waals surface area contributed by atoms with Crippen molar-refractivity contribution in [2.75, 3.05) is 5.32 Å². The second-order valence-electron chi connectivity index (χ2n) is 5.92. The van der Waals surface area contributed by atoms with Gasteiger partial charge in [-0.25, -0.2) is 9.37 Å². The van der Waals surface area contributed by atoms with Crippen LogP contribution in [-0.2, 0) is 10.2 Å². The largest absolute Gasteiger partial charge is 0.384 e. The Balaban J connectivity index is 1.69. The molecule has 1 heterocycles. The fraction of sp³-hybridized carbons (Fsp3) is 0.158. The molecule has 0 aliphatic heterocycles. The van der Waals surface area contributed by atoms with E-state index in [1.165, 1.54) is 24.5 Å². The van der Waals surface area contributed by atoms with Crippen molar-refractivity contribution in [3.8, 4) is 6.07 Å². The number of aromatic nitrogens is 1. The minimum Gasteiger partial charge on any atom is -0.384 e. The van der Waals surface area contributed by atoms with Crippen molar-refractivity contribution < 1.29 is 9.18 Å². The number of anilines is 1. The number of nitrogens with one attached hydrogen (secondary N) is 1. The molecule has 1 amide bonds. The van der Waals surface area contributed by atoms with Gasteiger partial charge in [-0.2, -0.15) is 10.3 Å². The summed E-state index contributed by atoms with van der Waals surface area (Å²) in [6, 6.07) is 11.4. The van der Waals surface area contributed by atoms with E-state index in [-0.39, 0.29) is 11.5 Å². The number of pyridine rings is 1. The van der Waals surface area contributed by atoms with Crippen molar-refractivity contribution >= 4 is 17.4 Å². The van der Waals surface area contributed by atoms with Crippen LogP contribution in [0.1, 0.15) is 24.1 Å². The molecular formula is C19H16FN5O. The Labute approximate surface area is 149 Å². The average Bonchev–Trinajstić information content (AvgIpc) is 3.44. The van der Waals surface area contributed by atoms with Crippen LogP contribution in [0.5, 0.6) is 0 Å². The van der Waals surface area contributed by atoms with Crippen molar-refractivity contribution in [1.29, 1.82) is 5.26 Å². The van der Waals surface area contributed by atoms with Crippen molar-refractivity contribution in [3.63, 3.8) is 0 Å². The molecule has 1 aliphatic carbocycles. The molecule has 0 unspecified atom stereocenters. The molecule has 0 spiro atoms. The topological polar surface area (TPSA) is 104 Å². The first-order valence-corrected chi connectivity index (χ1v) is 7.98. The van der Waals surface area contributed by atoms with Crippen molar-refractivity contribution in [2.24, 2.45) is 10.7 Å². The minimum absolute atomic E-state index is 0.0136. The first-order chi connectivity index (χ1) is 12.5. The molecule has 0 saturated heterocycles. The third-order valence-electron chi connectivity index (χ3n) is 4.16. The summed E-state index contributed by atoms with van der Waals surface area (Å²) in [6.45, 7) is 0. The molecule has 130 valence electrons. The third-order valence-corrected chi connectivity index (χ3v) is 4.16. The van der Waals surface area contributed by atoms with Gasteiger partial charge in [-0.15, -0.1) is 0 Å². The molecule has 0 atom stereocenters. The van der Waals surface area contributed by atoms with E-state index in [1.807, 2.05) is 6.07 Å². The predicted molar refractivity (Wildman–Crippen MR) is 95.7 cm³/mol. The highest BCUT2D eigenvalue weighted by molar-refractivity contribution is 6.04. The zero-order valence-electron chi connectivity index (χ0n) is 13.8. The van der Waals surface area contributed by atoms with Gasteiger partial charge in [0.05, 0.1) is 5.41 Å². The van der Waals surface area contributed by atoms with E-state index in [9.17, 15) is 9.18 Å². The summed E-state index contributed by atoms with van der Waals surface area (Å²) in [7, 11) is 0. The molecule has 1 fully saturated rings. The number of nitriles is 1. The quantitative estimate of drug-likeness (QED) is 0.638. The van der Waals surface area contributed by atoms with E-state index in [2.05, 4.69) is 15.3 Å². The molecule has 7 heteroatoms. The number of amides is 1. The summed E-state index contributed by atoms with van der Waals surface area (Å²) < 4.78 is 14.0. The normalized spacial score (nSPS) is 15.5. The lowest BCUT2D eigenvalue weighted by Crippen LogP contribution is -2.23. The van der Waals surface area contributed by atoms with Crippen LogP contribution in [0, 0.1) is 17.1 Å². The van der Waals surface area contributed by atoms with Crippen LogP contribution < -0.4 is 11.1 Å². The highest BCUT2D eigenvalue weighted by Gasteiger charge is 2.52. The fourth-order valence-electron chi connectivity index (χ4n) is 2.64. The SMILES string of the molecule is N#Cc1cc(N/C=C\C(N)=NC(=O)C2(c3ccccc3F)CC2)ccn1. The summed E-state index contributed by atoms with van der Waals surface area (Å²) in [5, 5.41) is 11.7. The minimum atomic E-state index is -0.899. The number of amidine groups is 1. The Hall–Kier alpha value is -3.53. The Morgan fingerprint density at radius 3 is 2.85 bits per heavy atom. The molecular weight excluding hydrogens is 333 g/mol. The molecule has 3 rings (SSSR count). The fourth-order valence-corrected chi connectivity index (χ4v) is 2.64. The van der Waals surface area contributed by atoms with Crippen molar-refractivity contribution in [1.82, 2.24) is 4.98 Å². The maximum Gasteiger partial charge on any atom is 0.258 e. The van der Waals surface area contributed by atoms with Crippen LogP contribution >= 0.6 is 0 Å². The Bertz CT molecular complexity index is 941. The van der Waals surface area contributed by atoms with E-state index < -0.39 is 17.1 Å². The first-order valence-electron chi connectivity index (χ1n) is 7.98. The Kier molecular flexibility index (Phi) is 4.76. The monoisotopic (exact) mass is 349 g/mol. The van der Waals surface area contributed by atoms with E-state index in [1.54, 1.807) is 30.3 Å². The number of hydrogen-bond acceptors (Lipinski definition) is 4. The Morgan fingerprint density at radius 1 is 1.38 bits per heavy atom. The van der Waals surface area contributed by atoms with Crippen molar-refractivity contribution in [3.05, 3.63) is 71.9 Å². The van der Waals surface area contributed by atoms with Gasteiger partial charge in [-0.05, 0) is 37.1 Å². The van der Waals surface area contributed by atoms with Gasteiger partial charge in [-0.3, -0.25) is 4.79 Å². The number of nitrogens with two attached hydrogens (primary N) is 1. The summed E-state index contributed by atoms with van der Waals surface area (Å²) in [5.41, 5.74) is 6.17. The van der Waals surface area contributed by atoms with Crippen LogP contribution in [0.2, 0.25) is 0 Å². The third kappa shape index (κ3) is 3.59. The van der Waals surface area contributed by atoms with Gasteiger partial charge < -0.3 is 11.1 Å². The van der Waals surface area contributed by atoms with Gasteiger partial charge in [0.2, 0.25) is 0 Å². The summed E-state index contributed by atoms with van der Waals surface area (Å²) in [4.78, 5) is 20.2. The summed E-state index contributed by atoms with van der Waals surface area (Å²) in [5.74, 6) is -0.838. The van der Waals surface area contributed by atoms with Crippen LogP contribution in [0.4, 0.5) is 10.1 Å². The van der Waals surface area contributed by atoms with Gasteiger partial charge in [-0.1, -0.05) is 18.2 Å². The molecule has 6 nitrogen and oxygen atoms in total. The molecule has 1 aliphatic rings. The summed E-state index contributed by atoms with van der Waals surface area (Å²) >= 11 is 0. The number of carbonyl (C=O) groups is 1. The molecule has 2 aromatic rings. The number of carbonyl (C=O) groups excluding carboxylic acids is 1. The van der Waals surface area contributed by atoms with Crippen LogP contribution in [-0.4, -0.2) is 16.7 Å². The zero-order chi connectivity index (χ0) is 18.6. The van der Waals surface area contributed by atoms with E-state index in [0.717, 1.165) is 0 Å². The number of hydrogen-bond donors (Lipinski definition) is 2. The van der Waals surface area contributed by atoms with Gasteiger partial charge in [0.25, 0.3) is 5.91 Å². The maximum absolute atomic E-state index is 14.0. The second kappa shape index (κ2) is 7.15. The molecule has 26 heavy (non-hydrogen) atoms. The van der Waals surface area contributed by atoms with Gasteiger partial charge in [0.15, 0.2) is 0 Å². The molecule has 0 bridgehead atoms. The van der Waals surface area contributed by atoms with Crippen LogP contribution in [0.15, 0.2) is 59.9 Å². The lowest BCUT2D eigenvalue weighted by atomic mass is 9.94. The van der Waals surface area contributed by atoms with E-state index >= 15 is 0 Å². The predicted octanol–water partition coefficient (Wildman–Crippen LogP) is 2.63. The van der Waals surface area contributed by atoms with E-state index in [4.69, 9.17) is 11.0 Å². The van der Waals surface area contributed by atoms with Gasteiger partial charge in [0, 0.05) is 23.6 Å². The molecule has 1 saturated carbocycles. The lowest BCUT2D eigenvalue weighted by Gasteiger charge is -2.12. The van der Waals surface area contributed by atoms with Gasteiger partial charge in [0.1, 0.15) is 23.4 Å². The van der Waals surface area contributed by atoms with E-state index in [0.29, 0.717) is 24.1 Å². The first kappa shape index (κ1) is 17.3. The second-order valence-corrected chi connectivity index (χ2v) is 5.92. The van der Waals surface area contributed by atoms with Gasteiger partial charge >= 0.3 is 0 Å². The summed E-state index contributed by atoms with van der Waals surface area (Å²) in [6.07, 6.45) is 5.55. The smallest absolute Gasteiger partial charge is 0.258 e. The number of rotatable bonds is 5. The number of benzene rings is 1. The highest BCUT2D eigenvalue weighted by atomic mass is 19.1. The molecule has 0 radical (unpaired) electrons. The van der Waals surface area contributed by atoms with Crippen molar-refractivity contribution in [2.45, 2.75) is 18.3 Å². The Morgan fingerprint density at radius 2 is 2.15 bits per heavy atom. The average molecular weight is 349 g/mol.